The van der Waals surface area contributed by atoms with Gasteiger partial charge in [-0.15, -0.1) is 11.3 Å². The zero-order valence-corrected chi connectivity index (χ0v) is 15.5. The highest BCUT2D eigenvalue weighted by Gasteiger charge is 2.28. The number of rotatable bonds is 5. The molecular formula is C18H25N3O2S. The molecule has 0 amide bonds. The number of hydrogen-bond donors (Lipinski definition) is 2. The summed E-state index contributed by atoms with van der Waals surface area (Å²) in [7, 11) is 0. The van der Waals surface area contributed by atoms with E-state index in [1.54, 1.807) is 11.3 Å². The van der Waals surface area contributed by atoms with Gasteiger partial charge in [0.2, 0.25) is 0 Å². The van der Waals surface area contributed by atoms with Gasteiger partial charge in [0.15, 0.2) is 0 Å². The first kappa shape index (κ1) is 17.1. The summed E-state index contributed by atoms with van der Waals surface area (Å²) < 4.78 is 0. The summed E-state index contributed by atoms with van der Waals surface area (Å²) in [4.78, 5) is 23.2. The third kappa shape index (κ3) is 3.11. The normalized spacial score (nSPS) is 19.8. The van der Waals surface area contributed by atoms with Crippen LogP contribution in [0.2, 0.25) is 0 Å². The van der Waals surface area contributed by atoms with Crippen molar-refractivity contribution in [3.05, 3.63) is 16.3 Å². The molecule has 0 saturated carbocycles. The summed E-state index contributed by atoms with van der Waals surface area (Å²) in [6.07, 6.45) is 4.08. The molecule has 0 bridgehead atoms. The standard InChI is InChI=1S/C18H25N3O2S/c1-5-10(3)15(18(22)23)21-16-14-12-7-6-9(2)8-13(12)24-17(14)20-11(4)19-16/h9-10,15H,5-8H2,1-4H3,(H,22,23)(H,19,20,21). The molecule has 0 fully saturated rings. The van der Waals surface area contributed by atoms with Crippen LogP contribution in [-0.2, 0) is 17.6 Å². The molecule has 2 aromatic heterocycles. The minimum absolute atomic E-state index is 0.0299. The van der Waals surface area contributed by atoms with E-state index >= 15 is 0 Å². The van der Waals surface area contributed by atoms with Crippen LogP contribution in [0.4, 0.5) is 5.82 Å². The van der Waals surface area contributed by atoms with Gasteiger partial charge in [-0.1, -0.05) is 27.2 Å². The first-order valence-electron chi connectivity index (χ1n) is 8.68. The number of nitrogens with zero attached hydrogens (tertiary/aromatic N) is 2. The molecule has 0 spiro atoms. The van der Waals surface area contributed by atoms with Crippen LogP contribution < -0.4 is 5.32 Å². The highest BCUT2D eigenvalue weighted by atomic mass is 32.1. The number of nitrogens with one attached hydrogen (secondary N) is 1. The van der Waals surface area contributed by atoms with E-state index in [2.05, 4.69) is 22.2 Å². The minimum Gasteiger partial charge on any atom is -0.480 e. The van der Waals surface area contributed by atoms with Crippen LogP contribution in [0.25, 0.3) is 10.2 Å². The van der Waals surface area contributed by atoms with Gasteiger partial charge in [-0.05, 0) is 43.6 Å². The Kier molecular flexibility index (Phi) is 4.76. The van der Waals surface area contributed by atoms with Crippen molar-refractivity contribution in [3.8, 4) is 0 Å². The second kappa shape index (κ2) is 6.67. The molecule has 130 valence electrons. The summed E-state index contributed by atoms with van der Waals surface area (Å²) in [5.74, 6) is 1.28. The molecule has 2 aromatic rings. The molecule has 6 heteroatoms. The lowest BCUT2D eigenvalue weighted by atomic mass is 9.89. The van der Waals surface area contributed by atoms with Crippen molar-refractivity contribution in [2.45, 2.75) is 59.4 Å². The van der Waals surface area contributed by atoms with Crippen molar-refractivity contribution in [1.29, 1.82) is 0 Å². The van der Waals surface area contributed by atoms with Crippen LogP contribution in [-0.4, -0.2) is 27.1 Å². The average Bonchev–Trinajstić information content (AvgIpc) is 2.88. The van der Waals surface area contributed by atoms with E-state index in [4.69, 9.17) is 0 Å². The van der Waals surface area contributed by atoms with Gasteiger partial charge in [0, 0.05) is 4.88 Å². The number of aliphatic carboxylic acids is 1. The van der Waals surface area contributed by atoms with Crippen molar-refractivity contribution in [2.75, 3.05) is 5.32 Å². The Balaban J connectivity index is 2.08. The number of hydrogen-bond acceptors (Lipinski definition) is 5. The number of carbonyl (C=O) groups is 1. The van der Waals surface area contributed by atoms with Crippen molar-refractivity contribution >= 4 is 33.3 Å². The second-order valence-corrected chi connectivity index (χ2v) is 8.08. The molecule has 0 aromatic carbocycles. The largest absolute Gasteiger partial charge is 0.480 e. The Bertz CT molecular complexity index is 771. The predicted octanol–water partition coefficient (Wildman–Crippen LogP) is 4.04. The Morgan fingerprint density at radius 2 is 2.21 bits per heavy atom. The molecule has 0 radical (unpaired) electrons. The Morgan fingerprint density at radius 3 is 2.88 bits per heavy atom. The molecule has 5 nitrogen and oxygen atoms in total. The van der Waals surface area contributed by atoms with Gasteiger partial charge >= 0.3 is 5.97 Å². The average molecular weight is 347 g/mol. The van der Waals surface area contributed by atoms with Crippen molar-refractivity contribution < 1.29 is 9.90 Å². The third-order valence-electron chi connectivity index (χ3n) is 5.04. The van der Waals surface area contributed by atoms with Gasteiger partial charge in [0.05, 0.1) is 5.39 Å². The van der Waals surface area contributed by atoms with Gasteiger partial charge in [0.25, 0.3) is 0 Å². The third-order valence-corrected chi connectivity index (χ3v) is 6.19. The molecule has 2 N–H and O–H groups in total. The SMILES string of the molecule is CCC(C)C(Nc1nc(C)nc2sc3c(c12)CCC(C)C3)C(=O)O. The molecule has 2 heterocycles. The maximum Gasteiger partial charge on any atom is 0.326 e. The Labute approximate surface area is 146 Å². The van der Waals surface area contributed by atoms with Crippen molar-refractivity contribution in [2.24, 2.45) is 11.8 Å². The smallest absolute Gasteiger partial charge is 0.326 e. The topological polar surface area (TPSA) is 75.1 Å². The molecular weight excluding hydrogens is 322 g/mol. The number of carboxylic acids is 1. The summed E-state index contributed by atoms with van der Waals surface area (Å²) in [6.45, 7) is 8.12. The maximum atomic E-state index is 11.7. The maximum absolute atomic E-state index is 11.7. The molecule has 3 rings (SSSR count). The van der Waals surface area contributed by atoms with Gasteiger partial charge < -0.3 is 10.4 Å². The lowest BCUT2D eigenvalue weighted by molar-refractivity contribution is -0.139. The quantitative estimate of drug-likeness (QED) is 0.854. The summed E-state index contributed by atoms with van der Waals surface area (Å²) in [6, 6.07) is -0.634. The highest BCUT2D eigenvalue weighted by Crippen LogP contribution is 2.40. The van der Waals surface area contributed by atoms with E-state index in [1.807, 2.05) is 20.8 Å². The molecule has 3 atom stereocenters. The number of anilines is 1. The van der Waals surface area contributed by atoms with Crippen LogP contribution in [0, 0.1) is 18.8 Å². The van der Waals surface area contributed by atoms with E-state index in [-0.39, 0.29) is 5.92 Å². The Hall–Kier alpha value is -1.69. The van der Waals surface area contributed by atoms with Crippen LogP contribution in [0.5, 0.6) is 0 Å². The van der Waals surface area contributed by atoms with Crippen molar-refractivity contribution in [3.63, 3.8) is 0 Å². The first-order chi connectivity index (χ1) is 11.4. The van der Waals surface area contributed by atoms with Gasteiger partial charge in [-0.25, -0.2) is 14.8 Å². The number of aromatic nitrogens is 2. The molecule has 1 aliphatic carbocycles. The summed E-state index contributed by atoms with van der Waals surface area (Å²) in [5.41, 5.74) is 1.32. The molecule has 3 unspecified atom stereocenters. The fourth-order valence-electron chi connectivity index (χ4n) is 3.38. The molecule has 0 saturated heterocycles. The fraction of sp³-hybridized carbons (Fsp3) is 0.611. The number of fused-ring (bicyclic) bond motifs is 3. The van der Waals surface area contributed by atoms with E-state index in [0.29, 0.717) is 17.6 Å². The van der Waals surface area contributed by atoms with Crippen LogP contribution >= 0.6 is 11.3 Å². The van der Waals surface area contributed by atoms with Crippen LogP contribution in [0.1, 0.15) is 49.9 Å². The summed E-state index contributed by atoms with van der Waals surface area (Å²) >= 11 is 1.74. The van der Waals surface area contributed by atoms with E-state index in [1.165, 1.54) is 16.9 Å². The first-order valence-corrected chi connectivity index (χ1v) is 9.50. The number of thiophene rings is 1. The van der Waals surface area contributed by atoms with E-state index in [0.717, 1.165) is 29.5 Å². The zero-order chi connectivity index (χ0) is 17.4. The monoisotopic (exact) mass is 347 g/mol. The van der Waals surface area contributed by atoms with Gasteiger partial charge in [-0.2, -0.15) is 0 Å². The zero-order valence-electron chi connectivity index (χ0n) is 14.7. The van der Waals surface area contributed by atoms with Crippen LogP contribution in [0.3, 0.4) is 0 Å². The molecule has 0 aliphatic heterocycles. The fourth-order valence-corrected chi connectivity index (χ4v) is 4.81. The van der Waals surface area contributed by atoms with Gasteiger partial charge in [-0.3, -0.25) is 0 Å². The lowest BCUT2D eigenvalue weighted by Gasteiger charge is -2.22. The van der Waals surface area contributed by atoms with Crippen LogP contribution in [0.15, 0.2) is 0 Å². The van der Waals surface area contributed by atoms with E-state index in [9.17, 15) is 9.90 Å². The minimum atomic E-state index is -0.827. The molecule has 24 heavy (non-hydrogen) atoms. The Morgan fingerprint density at radius 1 is 1.46 bits per heavy atom. The predicted molar refractivity (Wildman–Crippen MR) is 97.8 cm³/mol. The highest BCUT2D eigenvalue weighted by molar-refractivity contribution is 7.19. The van der Waals surface area contributed by atoms with Gasteiger partial charge in [0.1, 0.15) is 22.5 Å². The van der Waals surface area contributed by atoms with E-state index < -0.39 is 12.0 Å². The lowest BCUT2D eigenvalue weighted by Crippen LogP contribution is -2.35. The second-order valence-electron chi connectivity index (χ2n) is 7.00. The number of aryl methyl sites for hydroxylation is 2. The van der Waals surface area contributed by atoms with Crippen molar-refractivity contribution in [1.82, 2.24) is 9.97 Å². The number of carboxylic acid groups (broad SMARTS) is 1. The summed E-state index contributed by atoms with van der Waals surface area (Å²) in [5, 5.41) is 13.9. The molecule has 1 aliphatic rings.